The third kappa shape index (κ3) is 2.49. The molecule has 0 saturated carbocycles. The summed E-state index contributed by atoms with van der Waals surface area (Å²) in [5.74, 6) is 2.22. The van der Waals surface area contributed by atoms with Gasteiger partial charge in [0.1, 0.15) is 19.0 Å². The Labute approximate surface area is 137 Å². The number of thiocarbonyl (C=S) groups is 1. The molecule has 0 spiro atoms. The highest BCUT2D eigenvalue weighted by Gasteiger charge is 2.19. The molecule has 0 aliphatic carbocycles. The van der Waals surface area contributed by atoms with Gasteiger partial charge in [0.2, 0.25) is 0 Å². The minimum atomic E-state index is 0.398. The fourth-order valence-electron chi connectivity index (χ4n) is 2.70. The van der Waals surface area contributed by atoms with Crippen LogP contribution in [0.4, 0.5) is 0 Å². The number of ether oxygens (including phenoxy) is 2. The maximum absolute atomic E-state index is 5.77. The van der Waals surface area contributed by atoms with Crippen LogP contribution in [-0.2, 0) is 6.54 Å². The molecule has 6 nitrogen and oxygen atoms in total. The summed E-state index contributed by atoms with van der Waals surface area (Å²) in [4.78, 5) is 9.18. The van der Waals surface area contributed by atoms with E-state index < -0.39 is 0 Å². The smallest absolute Gasteiger partial charge is 0.163 e. The van der Waals surface area contributed by atoms with Gasteiger partial charge in [0.25, 0.3) is 0 Å². The number of fused-ring (bicyclic) bond motifs is 2. The van der Waals surface area contributed by atoms with Gasteiger partial charge >= 0.3 is 0 Å². The highest BCUT2D eigenvalue weighted by molar-refractivity contribution is 7.80. The van der Waals surface area contributed by atoms with E-state index >= 15 is 0 Å². The average Bonchev–Trinajstić information content (AvgIpc) is 2.91. The van der Waals surface area contributed by atoms with E-state index in [4.69, 9.17) is 32.4 Å². The van der Waals surface area contributed by atoms with Crippen LogP contribution in [-0.4, -0.2) is 32.7 Å². The van der Waals surface area contributed by atoms with Crippen LogP contribution in [0.1, 0.15) is 0 Å². The molecular weight excluding hydrogens is 312 g/mol. The van der Waals surface area contributed by atoms with Gasteiger partial charge < -0.3 is 19.8 Å². The van der Waals surface area contributed by atoms with Gasteiger partial charge in [0, 0.05) is 30.1 Å². The zero-order chi connectivity index (χ0) is 15.8. The van der Waals surface area contributed by atoms with Crippen LogP contribution in [0, 0.1) is 0 Å². The van der Waals surface area contributed by atoms with Crippen LogP contribution in [0.2, 0.25) is 0 Å². The maximum Gasteiger partial charge on any atom is 0.163 e. The van der Waals surface area contributed by atoms with Crippen LogP contribution in [0.25, 0.3) is 22.4 Å². The Kier molecular flexibility index (Phi) is 3.34. The summed E-state index contributed by atoms with van der Waals surface area (Å²) in [6.07, 6.45) is 3.47. The first-order valence-electron chi connectivity index (χ1n) is 7.21. The number of aromatic nitrogens is 3. The topological polar surface area (TPSA) is 75.2 Å². The summed E-state index contributed by atoms with van der Waals surface area (Å²) in [5.41, 5.74) is 8.45. The van der Waals surface area contributed by atoms with Crippen molar-refractivity contribution in [1.82, 2.24) is 14.5 Å². The predicted molar refractivity (Wildman–Crippen MR) is 90.7 cm³/mol. The van der Waals surface area contributed by atoms with Crippen molar-refractivity contribution in [2.75, 3.05) is 13.2 Å². The fraction of sp³-hybridized carbons (Fsp3) is 0.188. The van der Waals surface area contributed by atoms with E-state index in [1.807, 2.05) is 28.8 Å². The predicted octanol–water partition coefficient (Wildman–Crippen LogP) is 2.16. The molecule has 3 aromatic rings. The van der Waals surface area contributed by atoms with Crippen molar-refractivity contribution in [2.45, 2.75) is 6.54 Å². The van der Waals surface area contributed by atoms with E-state index in [9.17, 15) is 0 Å². The molecule has 23 heavy (non-hydrogen) atoms. The van der Waals surface area contributed by atoms with Crippen molar-refractivity contribution in [1.29, 1.82) is 0 Å². The molecule has 0 saturated heterocycles. The van der Waals surface area contributed by atoms with E-state index in [-0.39, 0.29) is 0 Å². The minimum Gasteiger partial charge on any atom is -0.486 e. The second-order valence-electron chi connectivity index (χ2n) is 5.21. The normalized spacial score (nSPS) is 13.2. The molecule has 7 heteroatoms. The Hall–Kier alpha value is -2.67. The van der Waals surface area contributed by atoms with E-state index in [0.29, 0.717) is 36.2 Å². The summed E-state index contributed by atoms with van der Waals surface area (Å²) < 4.78 is 13.3. The van der Waals surface area contributed by atoms with E-state index in [2.05, 4.69) is 4.98 Å². The fourth-order valence-corrected chi connectivity index (χ4v) is 2.83. The lowest BCUT2D eigenvalue weighted by Crippen LogP contribution is -2.18. The zero-order valence-electron chi connectivity index (χ0n) is 12.2. The van der Waals surface area contributed by atoms with Gasteiger partial charge in [0.05, 0.1) is 22.6 Å². The molecule has 116 valence electrons. The van der Waals surface area contributed by atoms with Gasteiger partial charge in [-0.05, 0) is 12.1 Å². The van der Waals surface area contributed by atoms with Crippen LogP contribution in [0.3, 0.4) is 0 Å². The molecule has 4 rings (SSSR count). The van der Waals surface area contributed by atoms with Crippen molar-refractivity contribution in [3.63, 3.8) is 0 Å². The van der Waals surface area contributed by atoms with Crippen molar-refractivity contribution in [2.24, 2.45) is 5.73 Å². The Bertz CT molecular complexity index is 892. The first-order chi connectivity index (χ1) is 11.2. The molecule has 1 aliphatic rings. The first-order valence-corrected chi connectivity index (χ1v) is 7.62. The molecule has 0 amide bonds. The van der Waals surface area contributed by atoms with Gasteiger partial charge in [-0.15, -0.1) is 0 Å². The third-order valence-electron chi connectivity index (χ3n) is 3.66. The molecule has 0 unspecified atom stereocenters. The summed E-state index contributed by atoms with van der Waals surface area (Å²) in [6, 6.07) is 7.64. The molecule has 1 aromatic carbocycles. The van der Waals surface area contributed by atoms with Crippen molar-refractivity contribution in [3.8, 4) is 22.9 Å². The van der Waals surface area contributed by atoms with Crippen molar-refractivity contribution >= 4 is 28.2 Å². The van der Waals surface area contributed by atoms with E-state index in [0.717, 1.165) is 22.4 Å². The Morgan fingerprint density at radius 1 is 1.17 bits per heavy atom. The highest BCUT2D eigenvalue weighted by atomic mass is 32.1. The van der Waals surface area contributed by atoms with Crippen molar-refractivity contribution < 1.29 is 9.47 Å². The Morgan fingerprint density at radius 2 is 1.87 bits per heavy atom. The number of nitrogens with zero attached hydrogens (tertiary/aromatic N) is 3. The number of hydrogen-bond acceptors (Lipinski definition) is 5. The van der Waals surface area contributed by atoms with Crippen LogP contribution in [0.15, 0.2) is 36.7 Å². The number of benzene rings is 1. The second-order valence-corrected chi connectivity index (χ2v) is 5.73. The molecule has 0 bridgehead atoms. The van der Waals surface area contributed by atoms with E-state index in [1.54, 1.807) is 12.4 Å². The Morgan fingerprint density at radius 3 is 2.57 bits per heavy atom. The molecule has 3 heterocycles. The molecule has 1 aliphatic heterocycles. The van der Waals surface area contributed by atoms with Crippen LogP contribution < -0.4 is 15.2 Å². The molecule has 2 aromatic heterocycles. The minimum absolute atomic E-state index is 0.398. The van der Waals surface area contributed by atoms with Gasteiger partial charge in [-0.1, -0.05) is 12.2 Å². The lowest BCUT2D eigenvalue weighted by Gasteiger charge is -2.18. The number of rotatable bonds is 3. The van der Waals surface area contributed by atoms with Crippen LogP contribution in [0.5, 0.6) is 11.5 Å². The summed E-state index contributed by atoms with van der Waals surface area (Å²) in [6.45, 7) is 1.49. The van der Waals surface area contributed by atoms with Gasteiger partial charge in [0.15, 0.2) is 11.5 Å². The largest absolute Gasteiger partial charge is 0.486 e. The maximum atomic E-state index is 5.77. The Balaban J connectivity index is 1.96. The highest BCUT2D eigenvalue weighted by Crippen LogP contribution is 2.36. The summed E-state index contributed by atoms with van der Waals surface area (Å²) in [5, 5.41) is 0. The van der Waals surface area contributed by atoms with E-state index in [1.165, 1.54) is 0 Å². The van der Waals surface area contributed by atoms with Crippen LogP contribution >= 0.6 is 12.2 Å². The number of pyridine rings is 1. The molecular formula is C16H14N4O2S. The average molecular weight is 326 g/mol. The van der Waals surface area contributed by atoms with Crippen molar-refractivity contribution in [3.05, 3.63) is 36.7 Å². The third-order valence-corrected chi connectivity index (χ3v) is 3.79. The molecule has 0 atom stereocenters. The number of imidazole rings is 1. The monoisotopic (exact) mass is 326 g/mol. The standard InChI is InChI=1S/C16H14N4O2S/c17-15(23)9-20-12-8-14-13(21-5-6-22-14)7-11(12)19-16(20)10-1-3-18-4-2-10/h1-4,7-8H,5-6,9H2,(H2,17,23). The van der Waals surface area contributed by atoms with Gasteiger partial charge in [-0.25, -0.2) is 4.98 Å². The SMILES string of the molecule is NC(=S)Cn1c(-c2ccncc2)nc2cc3c(cc21)OCCO3. The second kappa shape index (κ2) is 5.51. The first kappa shape index (κ1) is 14.0. The number of hydrogen-bond donors (Lipinski definition) is 1. The summed E-state index contributed by atoms with van der Waals surface area (Å²) >= 11 is 5.10. The van der Waals surface area contributed by atoms with Gasteiger partial charge in [-0.2, -0.15) is 0 Å². The quantitative estimate of drug-likeness (QED) is 0.743. The lowest BCUT2D eigenvalue weighted by atomic mass is 10.2. The van der Waals surface area contributed by atoms with Gasteiger partial charge in [-0.3, -0.25) is 4.98 Å². The lowest BCUT2D eigenvalue weighted by molar-refractivity contribution is 0.172. The molecule has 0 radical (unpaired) electrons. The molecule has 2 N–H and O–H groups in total. The zero-order valence-corrected chi connectivity index (χ0v) is 13.0. The number of nitrogens with two attached hydrogens (primary N) is 1. The molecule has 0 fully saturated rings. The summed E-state index contributed by atoms with van der Waals surface area (Å²) in [7, 11) is 0.